The standard InChI is InChI=1S/C32H59O7P/c1-9-24-28-19-23(38-20-34-5)14-16-32(28,4)27-15-17-31(3)25(22(2)11-10-18-40(33,36-7)37-8)12-13-26(31)29(27)30(24)39-21-35-6/h22-30H,9-21H2,1-8H3/t22-,23-,24-,25-,26?,27?,28?,29?,30-,31-,32?/m1/s1. The first kappa shape index (κ1) is 32.9. The van der Waals surface area contributed by atoms with Crippen LogP contribution in [0.1, 0.15) is 91.9 Å². The smallest absolute Gasteiger partial charge is 0.330 e. The highest BCUT2D eigenvalue weighted by atomic mass is 31.2. The molecule has 11 atom stereocenters. The van der Waals surface area contributed by atoms with Crippen LogP contribution in [0, 0.1) is 52.3 Å². The molecule has 0 aromatic carbocycles. The third-order valence-corrected chi connectivity index (χ3v) is 14.5. The molecule has 0 aromatic heterocycles. The lowest BCUT2D eigenvalue weighted by molar-refractivity contribution is -0.239. The fraction of sp³-hybridized carbons (Fsp3) is 1.00. The molecule has 8 heteroatoms. The largest absolute Gasteiger partial charge is 0.359 e. The molecule has 0 aromatic rings. The number of methoxy groups -OCH3 is 2. The third kappa shape index (κ3) is 6.14. The summed E-state index contributed by atoms with van der Waals surface area (Å²) >= 11 is 0. The molecule has 4 aliphatic rings. The van der Waals surface area contributed by atoms with Crippen molar-refractivity contribution in [2.75, 3.05) is 48.2 Å². The minimum absolute atomic E-state index is 0.238. The topological polar surface area (TPSA) is 72.5 Å². The van der Waals surface area contributed by atoms with Crippen LogP contribution in [0.15, 0.2) is 0 Å². The van der Waals surface area contributed by atoms with Crippen molar-refractivity contribution in [2.45, 2.75) is 104 Å². The molecule has 0 radical (unpaired) electrons. The maximum absolute atomic E-state index is 12.6. The molecule has 7 nitrogen and oxygen atoms in total. The summed E-state index contributed by atoms with van der Waals surface area (Å²) in [5.41, 5.74) is 0.652. The van der Waals surface area contributed by atoms with Gasteiger partial charge in [0.25, 0.3) is 0 Å². The van der Waals surface area contributed by atoms with E-state index in [0.29, 0.717) is 72.0 Å². The first-order valence-corrected chi connectivity index (χ1v) is 17.8. The van der Waals surface area contributed by atoms with Crippen molar-refractivity contribution in [1.29, 1.82) is 0 Å². The maximum atomic E-state index is 12.6. The Hall–Kier alpha value is -0.0100. The second kappa shape index (κ2) is 13.7. The van der Waals surface area contributed by atoms with Gasteiger partial charge in [0.05, 0.1) is 18.4 Å². The zero-order chi connectivity index (χ0) is 29.1. The van der Waals surface area contributed by atoms with Gasteiger partial charge in [0.15, 0.2) is 0 Å². The predicted molar refractivity (Wildman–Crippen MR) is 158 cm³/mol. The zero-order valence-electron chi connectivity index (χ0n) is 26.7. The normalized spacial score (nSPS) is 42.2. The SMILES string of the molecule is CC[C@@H]1C2C[C@H](OCOC)CCC2(C)C2CC[C@@]3(C)C(CC[C@@H]3[C@H](C)CCCP(=O)(OC)OC)C2[C@@H]1OCOC. The van der Waals surface area contributed by atoms with Crippen LogP contribution >= 0.6 is 7.60 Å². The van der Waals surface area contributed by atoms with Gasteiger partial charge in [0.1, 0.15) is 13.6 Å². The molecule has 4 fully saturated rings. The number of ether oxygens (including phenoxy) is 4. The molecule has 0 spiro atoms. The Morgan fingerprint density at radius 3 is 2.15 bits per heavy atom. The van der Waals surface area contributed by atoms with E-state index in [-0.39, 0.29) is 12.2 Å². The minimum atomic E-state index is -2.94. The lowest BCUT2D eigenvalue weighted by atomic mass is 9.41. The van der Waals surface area contributed by atoms with Crippen molar-refractivity contribution in [3.05, 3.63) is 0 Å². The Labute approximate surface area is 244 Å². The molecule has 0 bridgehead atoms. The van der Waals surface area contributed by atoms with E-state index in [2.05, 4.69) is 27.7 Å². The lowest BCUT2D eigenvalue weighted by Crippen LogP contribution is -2.63. The van der Waals surface area contributed by atoms with Crippen molar-refractivity contribution in [3.63, 3.8) is 0 Å². The molecule has 4 aliphatic carbocycles. The number of fused-ring (bicyclic) bond motifs is 5. The molecule has 5 unspecified atom stereocenters. The first-order valence-electron chi connectivity index (χ1n) is 16.0. The number of hydrogen-bond acceptors (Lipinski definition) is 7. The minimum Gasteiger partial charge on any atom is -0.359 e. The molecule has 4 rings (SSSR count). The lowest BCUT2D eigenvalue weighted by Gasteiger charge is -2.65. The van der Waals surface area contributed by atoms with Gasteiger partial charge in [-0.3, -0.25) is 4.57 Å². The van der Waals surface area contributed by atoms with Gasteiger partial charge in [0, 0.05) is 28.4 Å². The van der Waals surface area contributed by atoms with E-state index in [9.17, 15) is 4.57 Å². The van der Waals surface area contributed by atoms with E-state index in [4.69, 9.17) is 28.0 Å². The van der Waals surface area contributed by atoms with Gasteiger partial charge in [0.2, 0.25) is 0 Å². The highest BCUT2D eigenvalue weighted by Crippen LogP contribution is 2.70. The van der Waals surface area contributed by atoms with Gasteiger partial charge in [-0.05, 0) is 110 Å². The van der Waals surface area contributed by atoms with E-state index in [1.54, 1.807) is 14.2 Å². The molecule has 234 valence electrons. The average Bonchev–Trinajstić information content (AvgIpc) is 3.31. The van der Waals surface area contributed by atoms with Crippen LogP contribution in [-0.4, -0.2) is 60.4 Å². The van der Waals surface area contributed by atoms with Crippen molar-refractivity contribution < 1.29 is 32.6 Å². The van der Waals surface area contributed by atoms with Crippen LogP contribution in [0.4, 0.5) is 0 Å². The quantitative estimate of drug-likeness (QED) is 0.152. The second-order valence-corrected chi connectivity index (χ2v) is 16.4. The Balaban J connectivity index is 1.56. The van der Waals surface area contributed by atoms with Gasteiger partial charge in [-0.25, -0.2) is 0 Å². The predicted octanol–water partition coefficient (Wildman–Crippen LogP) is 7.77. The van der Waals surface area contributed by atoms with Gasteiger partial charge in [-0.1, -0.05) is 34.1 Å². The van der Waals surface area contributed by atoms with Crippen LogP contribution in [0.5, 0.6) is 0 Å². The summed E-state index contributed by atoms with van der Waals surface area (Å²) < 4.78 is 46.7. The van der Waals surface area contributed by atoms with E-state index in [0.717, 1.165) is 32.1 Å². The van der Waals surface area contributed by atoms with E-state index in [1.165, 1.54) is 46.3 Å². The van der Waals surface area contributed by atoms with E-state index < -0.39 is 7.60 Å². The van der Waals surface area contributed by atoms with Crippen molar-refractivity contribution in [2.24, 2.45) is 52.3 Å². The fourth-order valence-electron chi connectivity index (χ4n) is 10.6. The van der Waals surface area contributed by atoms with Crippen LogP contribution in [0.2, 0.25) is 0 Å². The molecular formula is C32H59O7P. The summed E-state index contributed by atoms with van der Waals surface area (Å²) in [6.45, 7) is 10.8. The summed E-state index contributed by atoms with van der Waals surface area (Å²) in [6, 6.07) is 0. The molecule has 0 saturated heterocycles. The van der Waals surface area contributed by atoms with Gasteiger partial charge < -0.3 is 28.0 Å². The first-order chi connectivity index (χ1) is 19.1. The van der Waals surface area contributed by atoms with Crippen LogP contribution in [0.25, 0.3) is 0 Å². The van der Waals surface area contributed by atoms with E-state index in [1.807, 2.05) is 0 Å². The van der Waals surface area contributed by atoms with Crippen LogP contribution in [-0.2, 0) is 32.6 Å². The molecular weight excluding hydrogens is 527 g/mol. The Morgan fingerprint density at radius 1 is 0.850 bits per heavy atom. The Bertz CT molecular complexity index is 847. The van der Waals surface area contributed by atoms with Crippen molar-refractivity contribution in [1.82, 2.24) is 0 Å². The van der Waals surface area contributed by atoms with Crippen molar-refractivity contribution >= 4 is 7.60 Å². The number of rotatable bonds is 14. The zero-order valence-corrected chi connectivity index (χ0v) is 27.6. The highest BCUT2D eigenvalue weighted by Gasteiger charge is 2.65. The van der Waals surface area contributed by atoms with Gasteiger partial charge in [-0.2, -0.15) is 0 Å². The summed E-state index contributed by atoms with van der Waals surface area (Å²) in [5.74, 6) is 4.35. The molecule has 4 saturated carbocycles. The molecule has 40 heavy (non-hydrogen) atoms. The Kier molecular flexibility index (Phi) is 11.3. The molecule has 0 aliphatic heterocycles. The number of hydrogen-bond donors (Lipinski definition) is 0. The van der Waals surface area contributed by atoms with E-state index >= 15 is 0 Å². The maximum Gasteiger partial charge on any atom is 0.330 e. The highest BCUT2D eigenvalue weighted by molar-refractivity contribution is 7.53. The monoisotopic (exact) mass is 586 g/mol. The van der Waals surface area contributed by atoms with Gasteiger partial charge in [-0.15, -0.1) is 0 Å². The summed E-state index contributed by atoms with van der Waals surface area (Å²) in [7, 11) is 3.52. The molecule has 0 amide bonds. The summed E-state index contributed by atoms with van der Waals surface area (Å²) in [5, 5.41) is 0. The van der Waals surface area contributed by atoms with Crippen LogP contribution in [0.3, 0.4) is 0 Å². The molecule has 0 N–H and O–H groups in total. The second-order valence-electron chi connectivity index (χ2n) is 14.0. The van der Waals surface area contributed by atoms with Crippen molar-refractivity contribution in [3.8, 4) is 0 Å². The summed E-state index contributed by atoms with van der Waals surface area (Å²) in [6.07, 6.45) is 12.8. The van der Waals surface area contributed by atoms with Crippen LogP contribution < -0.4 is 0 Å². The van der Waals surface area contributed by atoms with Gasteiger partial charge >= 0.3 is 7.60 Å². The summed E-state index contributed by atoms with van der Waals surface area (Å²) in [4.78, 5) is 0. The third-order valence-electron chi connectivity index (χ3n) is 12.5. The molecule has 0 heterocycles. The fourth-order valence-corrected chi connectivity index (χ4v) is 11.7. The average molecular weight is 587 g/mol. The Morgan fingerprint density at radius 2 is 1.50 bits per heavy atom.